The van der Waals surface area contributed by atoms with E-state index in [-0.39, 0.29) is 5.91 Å². The summed E-state index contributed by atoms with van der Waals surface area (Å²) in [5, 5.41) is 5.58. The number of nitrogens with one attached hydrogen (secondary N) is 1. The van der Waals surface area contributed by atoms with Crippen LogP contribution in [0.3, 0.4) is 0 Å². The third kappa shape index (κ3) is 4.87. The second kappa shape index (κ2) is 8.81. The molecule has 0 aromatic carbocycles. The maximum absolute atomic E-state index is 12.6. The Kier molecular flexibility index (Phi) is 5.98. The van der Waals surface area contributed by atoms with Gasteiger partial charge in [0.15, 0.2) is 11.6 Å². The van der Waals surface area contributed by atoms with Crippen LogP contribution in [-0.4, -0.2) is 69.9 Å². The molecule has 1 N–H and O–H groups in total. The molecule has 0 spiro atoms. The van der Waals surface area contributed by atoms with Crippen LogP contribution in [-0.2, 0) is 4.79 Å². The highest BCUT2D eigenvalue weighted by Gasteiger charge is 2.19. The highest BCUT2D eigenvalue weighted by Crippen LogP contribution is 2.26. The van der Waals surface area contributed by atoms with Gasteiger partial charge < -0.3 is 14.6 Å². The van der Waals surface area contributed by atoms with Gasteiger partial charge in [-0.1, -0.05) is 6.92 Å². The highest BCUT2D eigenvalue weighted by atomic mass is 32.1. The number of anilines is 1. The van der Waals surface area contributed by atoms with Crippen molar-refractivity contribution in [2.45, 2.75) is 13.8 Å². The lowest BCUT2D eigenvalue weighted by Crippen LogP contribution is -2.48. The first kappa shape index (κ1) is 19.7. The van der Waals surface area contributed by atoms with Gasteiger partial charge in [0.1, 0.15) is 22.3 Å². The van der Waals surface area contributed by atoms with Crippen LogP contribution < -0.4 is 5.32 Å². The maximum atomic E-state index is 12.6. The fourth-order valence-corrected chi connectivity index (χ4v) is 3.88. The number of aryl methyl sites for hydroxylation is 1. The van der Waals surface area contributed by atoms with Gasteiger partial charge in [0.25, 0.3) is 0 Å². The largest absolute Gasteiger partial charge is 0.458 e. The predicted octanol–water partition coefficient (Wildman–Crippen LogP) is 2.74. The topological polar surface area (TPSA) is 87.4 Å². The lowest BCUT2D eigenvalue weighted by atomic mass is 10.3. The summed E-state index contributed by atoms with van der Waals surface area (Å²) in [5.74, 6) is 2.14. The molecule has 1 amide bonds. The molecule has 0 radical (unpaired) electrons. The zero-order valence-corrected chi connectivity index (χ0v) is 17.4. The Labute approximate surface area is 173 Å². The number of hydrogen-bond donors (Lipinski definition) is 1. The summed E-state index contributed by atoms with van der Waals surface area (Å²) in [5.41, 5.74) is 0.658. The van der Waals surface area contributed by atoms with Crippen LogP contribution in [0.2, 0.25) is 0 Å². The minimum absolute atomic E-state index is 0.0830. The molecule has 8 nitrogen and oxygen atoms in total. The van der Waals surface area contributed by atoms with Gasteiger partial charge in [0.2, 0.25) is 5.91 Å². The third-order valence-electron chi connectivity index (χ3n) is 4.89. The lowest BCUT2D eigenvalue weighted by Gasteiger charge is -2.33. The molecule has 4 heterocycles. The molecule has 1 fully saturated rings. The fourth-order valence-electron chi connectivity index (χ4n) is 3.28. The smallest absolute Gasteiger partial charge is 0.239 e. The first-order valence-electron chi connectivity index (χ1n) is 9.71. The molecular weight excluding hydrogens is 388 g/mol. The summed E-state index contributed by atoms with van der Waals surface area (Å²) in [7, 11) is 0. The third-order valence-corrected chi connectivity index (χ3v) is 5.68. The zero-order chi connectivity index (χ0) is 20.2. The summed E-state index contributed by atoms with van der Waals surface area (Å²) in [4.78, 5) is 30.6. The van der Waals surface area contributed by atoms with Crippen LogP contribution in [0.15, 0.2) is 34.2 Å². The molecule has 1 aliphatic heterocycles. The normalized spacial score (nSPS) is 15.5. The fraction of sp³-hybridized carbons (Fsp3) is 0.400. The number of thiazole rings is 1. The van der Waals surface area contributed by atoms with Crippen molar-refractivity contribution >= 4 is 23.1 Å². The monoisotopic (exact) mass is 412 g/mol. The van der Waals surface area contributed by atoms with E-state index in [1.807, 2.05) is 24.4 Å². The summed E-state index contributed by atoms with van der Waals surface area (Å²) >= 11 is 1.49. The molecule has 3 aromatic rings. The van der Waals surface area contributed by atoms with Crippen LogP contribution in [0.1, 0.15) is 12.7 Å². The van der Waals surface area contributed by atoms with Crippen LogP contribution in [0, 0.1) is 6.92 Å². The minimum atomic E-state index is -0.0830. The van der Waals surface area contributed by atoms with E-state index in [0.717, 1.165) is 43.5 Å². The quantitative estimate of drug-likeness (QED) is 0.666. The molecule has 152 valence electrons. The van der Waals surface area contributed by atoms with Crippen molar-refractivity contribution in [2.75, 3.05) is 44.6 Å². The Morgan fingerprint density at radius 1 is 1.21 bits per heavy atom. The second-order valence-corrected chi connectivity index (χ2v) is 7.86. The number of carbonyl (C=O) groups excluding carboxylic acids is 1. The average molecular weight is 413 g/mol. The van der Waals surface area contributed by atoms with E-state index >= 15 is 0 Å². The molecular formula is C20H24N6O2S. The number of amides is 1. The van der Waals surface area contributed by atoms with Crippen molar-refractivity contribution in [1.82, 2.24) is 24.8 Å². The van der Waals surface area contributed by atoms with Crippen LogP contribution in [0.5, 0.6) is 0 Å². The Hall–Kier alpha value is -2.62. The summed E-state index contributed by atoms with van der Waals surface area (Å²) in [6, 6.07) is 5.45. The zero-order valence-electron chi connectivity index (χ0n) is 16.6. The molecule has 0 saturated carbocycles. The number of hydrogen-bond acceptors (Lipinski definition) is 8. The molecule has 1 aliphatic rings. The average Bonchev–Trinajstić information content (AvgIpc) is 3.40. The molecule has 0 atom stereocenters. The van der Waals surface area contributed by atoms with E-state index in [4.69, 9.17) is 4.42 Å². The molecule has 0 bridgehead atoms. The van der Waals surface area contributed by atoms with Crippen molar-refractivity contribution < 1.29 is 9.21 Å². The van der Waals surface area contributed by atoms with Gasteiger partial charge in [-0.25, -0.2) is 15.0 Å². The van der Waals surface area contributed by atoms with Gasteiger partial charge in [0.05, 0.1) is 6.54 Å². The second-order valence-electron chi connectivity index (χ2n) is 6.97. The molecule has 29 heavy (non-hydrogen) atoms. The van der Waals surface area contributed by atoms with Gasteiger partial charge in [-0.05, 0) is 25.6 Å². The van der Waals surface area contributed by atoms with E-state index in [9.17, 15) is 4.79 Å². The Morgan fingerprint density at radius 3 is 2.66 bits per heavy atom. The molecule has 9 heteroatoms. The van der Waals surface area contributed by atoms with Crippen molar-refractivity contribution in [3.63, 3.8) is 0 Å². The Morgan fingerprint density at radius 2 is 2.00 bits per heavy atom. The van der Waals surface area contributed by atoms with E-state index in [0.29, 0.717) is 29.6 Å². The number of furan rings is 1. The van der Waals surface area contributed by atoms with E-state index in [1.165, 1.54) is 11.3 Å². The molecule has 3 aromatic heterocycles. The summed E-state index contributed by atoms with van der Waals surface area (Å²) in [6.45, 7) is 9.21. The van der Waals surface area contributed by atoms with Crippen LogP contribution in [0.4, 0.5) is 5.82 Å². The maximum Gasteiger partial charge on any atom is 0.239 e. The standard InChI is InChI=1S/C20H24N6O2S/c1-3-25-7-9-26(10-8-25)13-18(27)23-17-12-15(20-21-6-11-29-20)22-19(24-17)16-5-4-14(2)28-16/h4-6,11-12H,3,7-10,13H2,1-2H3,(H,22,23,24,27). The predicted molar refractivity (Wildman–Crippen MR) is 113 cm³/mol. The number of carbonyl (C=O) groups is 1. The Bertz CT molecular complexity index is 963. The van der Waals surface area contributed by atoms with Crippen LogP contribution >= 0.6 is 11.3 Å². The van der Waals surface area contributed by atoms with E-state index in [2.05, 4.69) is 37.0 Å². The number of nitrogens with zero attached hydrogens (tertiary/aromatic N) is 5. The highest BCUT2D eigenvalue weighted by molar-refractivity contribution is 7.13. The molecule has 1 saturated heterocycles. The van der Waals surface area contributed by atoms with E-state index < -0.39 is 0 Å². The van der Waals surface area contributed by atoms with Crippen molar-refractivity contribution in [1.29, 1.82) is 0 Å². The number of aromatic nitrogens is 3. The van der Waals surface area contributed by atoms with Gasteiger partial charge >= 0.3 is 0 Å². The molecule has 0 aliphatic carbocycles. The first-order valence-corrected chi connectivity index (χ1v) is 10.6. The first-order chi connectivity index (χ1) is 14.1. The van der Waals surface area contributed by atoms with Gasteiger partial charge in [-0.3, -0.25) is 9.69 Å². The Balaban J connectivity index is 1.51. The van der Waals surface area contributed by atoms with Crippen molar-refractivity contribution in [3.8, 4) is 22.3 Å². The van der Waals surface area contributed by atoms with Crippen molar-refractivity contribution in [3.05, 3.63) is 35.5 Å². The number of rotatable bonds is 6. The number of piperazine rings is 1. The van der Waals surface area contributed by atoms with Crippen molar-refractivity contribution in [2.24, 2.45) is 0 Å². The van der Waals surface area contributed by atoms with Gasteiger partial charge in [-0.15, -0.1) is 11.3 Å². The van der Waals surface area contributed by atoms with Gasteiger partial charge in [0, 0.05) is 43.8 Å². The minimum Gasteiger partial charge on any atom is -0.458 e. The summed E-state index contributed by atoms with van der Waals surface area (Å²) < 4.78 is 5.68. The van der Waals surface area contributed by atoms with Crippen LogP contribution in [0.25, 0.3) is 22.3 Å². The van der Waals surface area contributed by atoms with E-state index in [1.54, 1.807) is 12.3 Å². The summed E-state index contributed by atoms with van der Waals surface area (Å²) in [6.07, 6.45) is 1.73. The molecule has 4 rings (SSSR count). The lowest BCUT2D eigenvalue weighted by molar-refractivity contribution is -0.117. The SMILES string of the molecule is CCN1CCN(CC(=O)Nc2cc(-c3nccs3)nc(-c3ccc(C)o3)n2)CC1. The number of likely N-dealkylation sites (N-methyl/N-ethyl adjacent to an activating group) is 1. The molecule has 0 unspecified atom stereocenters. The van der Waals surface area contributed by atoms with Gasteiger partial charge in [-0.2, -0.15) is 0 Å².